The van der Waals surface area contributed by atoms with Gasteiger partial charge in [0, 0.05) is 0 Å². The number of hydrogen-bond acceptors (Lipinski definition) is 4. The van der Waals surface area contributed by atoms with Gasteiger partial charge in [0.1, 0.15) is 12.6 Å². The number of carbonyl (C=O) groups excluding carboxylic acids is 1. The molecule has 1 atom stereocenters. The third-order valence-electron chi connectivity index (χ3n) is 3.49. The van der Waals surface area contributed by atoms with Gasteiger partial charge in [-0.2, -0.15) is 11.8 Å². The van der Waals surface area contributed by atoms with E-state index in [-0.39, 0.29) is 12.5 Å². The highest BCUT2D eigenvalue weighted by atomic mass is 32.2. The Labute approximate surface area is 128 Å². The van der Waals surface area contributed by atoms with Gasteiger partial charge in [0.2, 0.25) is 0 Å². The Kier molecular flexibility index (Phi) is 5.92. The van der Waals surface area contributed by atoms with Crippen LogP contribution >= 0.6 is 11.8 Å². The molecule has 0 saturated carbocycles. The molecule has 114 valence electrons. The highest BCUT2D eigenvalue weighted by Gasteiger charge is 2.31. The largest absolute Gasteiger partial charge is 0.480 e. The van der Waals surface area contributed by atoms with E-state index in [1.807, 2.05) is 42.1 Å². The van der Waals surface area contributed by atoms with Crippen molar-refractivity contribution >= 4 is 23.8 Å². The molecule has 21 heavy (non-hydrogen) atoms. The molecular formula is C15H19NO4S. The van der Waals surface area contributed by atoms with Crippen molar-refractivity contribution < 1.29 is 19.4 Å². The number of carboxylic acids is 1. The molecule has 1 aliphatic heterocycles. The minimum atomic E-state index is -0.997. The number of alkyl carbamates (subject to hydrolysis) is 1. The van der Waals surface area contributed by atoms with Crippen LogP contribution < -0.4 is 5.32 Å². The Bertz CT molecular complexity index is 474. The minimum absolute atomic E-state index is 0.0203. The van der Waals surface area contributed by atoms with Crippen LogP contribution in [0.2, 0.25) is 0 Å². The summed E-state index contributed by atoms with van der Waals surface area (Å²) in [4.78, 5) is 23.1. The van der Waals surface area contributed by atoms with E-state index in [9.17, 15) is 14.7 Å². The first kappa shape index (κ1) is 15.7. The fraction of sp³-hybridized carbons (Fsp3) is 0.467. The zero-order valence-electron chi connectivity index (χ0n) is 11.7. The van der Waals surface area contributed by atoms with Crippen LogP contribution in [0, 0.1) is 5.92 Å². The molecule has 2 rings (SSSR count). The number of carbonyl (C=O) groups is 2. The van der Waals surface area contributed by atoms with E-state index in [0.717, 1.165) is 29.9 Å². The molecule has 1 aromatic carbocycles. The molecule has 5 nitrogen and oxygen atoms in total. The Balaban J connectivity index is 1.84. The van der Waals surface area contributed by atoms with Gasteiger partial charge in [-0.05, 0) is 35.8 Å². The average Bonchev–Trinajstić information content (AvgIpc) is 2.52. The molecule has 1 heterocycles. The van der Waals surface area contributed by atoms with E-state index in [0.29, 0.717) is 0 Å². The first-order valence-electron chi connectivity index (χ1n) is 6.94. The summed E-state index contributed by atoms with van der Waals surface area (Å²) in [6.07, 6.45) is 0.936. The summed E-state index contributed by atoms with van der Waals surface area (Å²) in [5.41, 5.74) is 0.869. The number of ether oxygens (including phenoxy) is 1. The summed E-state index contributed by atoms with van der Waals surface area (Å²) in [6.45, 7) is 0.138. The summed E-state index contributed by atoms with van der Waals surface area (Å²) >= 11 is 1.82. The second-order valence-corrected chi connectivity index (χ2v) is 6.20. The zero-order chi connectivity index (χ0) is 15.1. The number of hydrogen-bond donors (Lipinski definition) is 2. The maximum absolute atomic E-state index is 11.8. The van der Waals surface area contributed by atoms with Crippen molar-refractivity contribution in [2.45, 2.75) is 25.5 Å². The van der Waals surface area contributed by atoms with Gasteiger partial charge in [0.05, 0.1) is 0 Å². The Morgan fingerprint density at radius 3 is 2.57 bits per heavy atom. The van der Waals surface area contributed by atoms with E-state index in [2.05, 4.69) is 5.32 Å². The second-order valence-electron chi connectivity index (χ2n) is 4.97. The van der Waals surface area contributed by atoms with Crippen LogP contribution in [0.25, 0.3) is 0 Å². The summed E-state index contributed by atoms with van der Waals surface area (Å²) in [6, 6.07) is 8.42. The fourth-order valence-corrected chi connectivity index (χ4v) is 3.47. The molecule has 6 heteroatoms. The number of thioether (sulfide) groups is 1. The minimum Gasteiger partial charge on any atom is -0.480 e. The summed E-state index contributed by atoms with van der Waals surface area (Å²) in [5.74, 6) is 0.862. The normalized spacial score (nSPS) is 17.0. The van der Waals surface area contributed by atoms with E-state index in [1.165, 1.54) is 0 Å². The molecule has 1 fully saturated rings. The first-order valence-corrected chi connectivity index (χ1v) is 8.10. The quantitative estimate of drug-likeness (QED) is 0.874. The van der Waals surface area contributed by atoms with Gasteiger partial charge in [-0.3, -0.25) is 0 Å². The third-order valence-corrected chi connectivity index (χ3v) is 4.54. The summed E-state index contributed by atoms with van der Waals surface area (Å²) < 4.78 is 5.08. The van der Waals surface area contributed by atoms with E-state index < -0.39 is 18.1 Å². The van der Waals surface area contributed by atoms with Crippen LogP contribution in [0.1, 0.15) is 18.4 Å². The number of nitrogens with one attached hydrogen (secondary N) is 1. The van der Waals surface area contributed by atoms with Crippen LogP contribution in [0.15, 0.2) is 30.3 Å². The molecule has 0 unspecified atom stereocenters. The lowest BCUT2D eigenvalue weighted by Crippen LogP contribution is -2.47. The number of rotatable bonds is 5. The third kappa shape index (κ3) is 4.97. The predicted octanol–water partition coefficient (Wildman–Crippen LogP) is 2.51. The maximum Gasteiger partial charge on any atom is 0.408 e. The molecule has 0 aliphatic carbocycles. The van der Waals surface area contributed by atoms with Gasteiger partial charge in [-0.15, -0.1) is 0 Å². The topological polar surface area (TPSA) is 75.6 Å². The molecular weight excluding hydrogens is 290 g/mol. The monoisotopic (exact) mass is 309 g/mol. The highest BCUT2D eigenvalue weighted by molar-refractivity contribution is 7.99. The highest BCUT2D eigenvalue weighted by Crippen LogP contribution is 2.25. The number of amides is 1. The standard InChI is InChI=1S/C15H19NO4S/c17-14(18)13(12-6-8-21-9-7-12)16-15(19)20-10-11-4-2-1-3-5-11/h1-5,12-13H,6-10H2,(H,16,19)(H,17,18)/t13-/m0/s1. The Hall–Kier alpha value is -1.69. The van der Waals surface area contributed by atoms with Crippen molar-refractivity contribution in [3.05, 3.63) is 35.9 Å². The van der Waals surface area contributed by atoms with Crippen molar-refractivity contribution in [1.29, 1.82) is 0 Å². The fourth-order valence-electron chi connectivity index (χ4n) is 2.32. The van der Waals surface area contributed by atoms with E-state index in [1.54, 1.807) is 0 Å². The molecule has 1 amide bonds. The number of benzene rings is 1. The van der Waals surface area contributed by atoms with E-state index in [4.69, 9.17) is 4.74 Å². The molecule has 2 N–H and O–H groups in total. The lowest BCUT2D eigenvalue weighted by molar-refractivity contribution is -0.141. The zero-order valence-corrected chi connectivity index (χ0v) is 12.5. The molecule has 0 bridgehead atoms. The molecule has 0 aromatic heterocycles. The summed E-state index contributed by atoms with van der Waals surface area (Å²) in [5, 5.41) is 11.8. The van der Waals surface area contributed by atoms with Crippen LogP contribution in [0.4, 0.5) is 4.79 Å². The van der Waals surface area contributed by atoms with Gasteiger partial charge in [0.15, 0.2) is 0 Å². The molecule has 1 aliphatic rings. The summed E-state index contributed by atoms with van der Waals surface area (Å²) in [7, 11) is 0. The lowest BCUT2D eigenvalue weighted by atomic mass is 9.94. The van der Waals surface area contributed by atoms with Crippen molar-refractivity contribution in [3.63, 3.8) is 0 Å². The molecule has 0 radical (unpaired) electrons. The SMILES string of the molecule is O=C(N[C@H](C(=O)O)C1CCSCC1)OCc1ccccc1. The van der Waals surface area contributed by atoms with Crippen molar-refractivity contribution in [2.75, 3.05) is 11.5 Å². The molecule has 1 saturated heterocycles. The average molecular weight is 309 g/mol. The van der Waals surface area contributed by atoms with Gasteiger partial charge in [-0.25, -0.2) is 9.59 Å². The van der Waals surface area contributed by atoms with Gasteiger partial charge >= 0.3 is 12.1 Å². The van der Waals surface area contributed by atoms with Crippen LogP contribution in [0.5, 0.6) is 0 Å². The van der Waals surface area contributed by atoms with Crippen molar-refractivity contribution in [3.8, 4) is 0 Å². The van der Waals surface area contributed by atoms with Gasteiger partial charge in [-0.1, -0.05) is 30.3 Å². The van der Waals surface area contributed by atoms with E-state index >= 15 is 0 Å². The first-order chi connectivity index (χ1) is 10.2. The van der Waals surface area contributed by atoms with Crippen LogP contribution in [-0.2, 0) is 16.1 Å². The number of carboxylic acid groups (broad SMARTS) is 1. The van der Waals surface area contributed by atoms with Gasteiger partial charge in [0.25, 0.3) is 0 Å². The molecule has 0 spiro atoms. The van der Waals surface area contributed by atoms with Gasteiger partial charge < -0.3 is 15.2 Å². The Morgan fingerprint density at radius 1 is 1.29 bits per heavy atom. The number of aliphatic carboxylic acids is 1. The second kappa shape index (κ2) is 7.93. The smallest absolute Gasteiger partial charge is 0.408 e. The molecule has 1 aromatic rings. The van der Waals surface area contributed by atoms with Crippen LogP contribution in [-0.4, -0.2) is 34.7 Å². The lowest BCUT2D eigenvalue weighted by Gasteiger charge is -2.27. The van der Waals surface area contributed by atoms with Crippen LogP contribution in [0.3, 0.4) is 0 Å². The Morgan fingerprint density at radius 2 is 1.95 bits per heavy atom. The van der Waals surface area contributed by atoms with Crippen molar-refractivity contribution in [2.24, 2.45) is 5.92 Å². The predicted molar refractivity (Wildman–Crippen MR) is 81.2 cm³/mol. The van der Waals surface area contributed by atoms with Crippen molar-refractivity contribution in [1.82, 2.24) is 5.32 Å². The maximum atomic E-state index is 11.8.